The molecule has 20 heavy (non-hydrogen) atoms. The monoisotopic (exact) mass is 415 g/mol. The molecule has 0 saturated heterocycles. The van der Waals surface area contributed by atoms with E-state index in [1.807, 2.05) is 18.2 Å². The van der Waals surface area contributed by atoms with Gasteiger partial charge in [-0.15, -0.1) is 0 Å². The third kappa shape index (κ3) is 4.08. The summed E-state index contributed by atoms with van der Waals surface area (Å²) >= 11 is 13.1. The van der Waals surface area contributed by atoms with E-state index in [2.05, 4.69) is 75.3 Å². The lowest BCUT2D eigenvalue weighted by atomic mass is 10.0. The van der Waals surface area contributed by atoms with Gasteiger partial charge < -0.3 is 5.32 Å². The van der Waals surface area contributed by atoms with Crippen molar-refractivity contribution in [1.29, 1.82) is 0 Å². The highest BCUT2D eigenvalue weighted by molar-refractivity contribution is 9.11. The number of rotatable bonds is 4. The van der Waals surface area contributed by atoms with Crippen LogP contribution < -0.4 is 5.32 Å². The molecule has 0 aliphatic rings. The lowest BCUT2D eigenvalue weighted by Gasteiger charge is -2.22. The molecule has 2 rings (SSSR count). The quantitative estimate of drug-likeness (QED) is 0.618. The van der Waals surface area contributed by atoms with Gasteiger partial charge in [0.05, 0.1) is 0 Å². The van der Waals surface area contributed by atoms with Crippen molar-refractivity contribution in [2.24, 2.45) is 0 Å². The molecule has 1 unspecified atom stereocenters. The van der Waals surface area contributed by atoms with Crippen LogP contribution in [0.3, 0.4) is 0 Å². The molecule has 2 aromatic carbocycles. The molecule has 1 nitrogen and oxygen atoms in total. The molecule has 0 aromatic heterocycles. The van der Waals surface area contributed by atoms with Gasteiger partial charge in [-0.1, -0.05) is 61.7 Å². The van der Waals surface area contributed by atoms with Crippen LogP contribution >= 0.6 is 43.5 Å². The third-order valence-corrected chi connectivity index (χ3v) is 4.69. The Hall–Kier alpha value is -0.350. The van der Waals surface area contributed by atoms with Crippen LogP contribution in [-0.2, 0) is 0 Å². The average molecular weight is 418 g/mol. The Labute approximate surface area is 142 Å². The van der Waals surface area contributed by atoms with Crippen molar-refractivity contribution in [3.8, 4) is 0 Å². The van der Waals surface area contributed by atoms with Gasteiger partial charge in [0.15, 0.2) is 0 Å². The van der Waals surface area contributed by atoms with Crippen molar-refractivity contribution < 1.29 is 0 Å². The highest BCUT2D eigenvalue weighted by Gasteiger charge is 2.13. The lowest BCUT2D eigenvalue weighted by molar-refractivity contribution is 0.493. The number of nitrogens with one attached hydrogen (secondary N) is 1. The van der Waals surface area contributed by atoms with Gasteiger partial charge in [0.2, 0.25) is 0 Å². The number of hydrogen-bond donors (Lipinski definition) is 1. The largest absolute Gasteiger partial charge is 0.304 e. The first-order valence-electron chi connectivity index (χ1n) is 6.44. The van der Waals surface area contributed by atoms with Gasteiger partial charge in [-0.3, -0.25) is 0 Å². The zero-order valence-electron chi connectivity index (χ0n) is 11.3. The minimum Gasteiger partial charge on any atom is -0.304 e. The maximum absolute atomic E-state index is 6.04. The van der Waals surface area contributed by atoms with Crippen molar-refractivity contribution in [2.45, 2.75) is 25.9 Å². The van der Waals surface area contributed by atoms with Crippen LogP contribution in [0.1, 0.15) is 37.1 Å². The first kappa shape index (κ1) is 16.0. The van der Waals surface area contributed by atoms with E-state index in [9.17, 15) is 0 Å². The van der Waals surface area contributed by atoms with E-state index in [1.54, 1.807) is 0 Å². The Balaban J connectivity index is 2.12. The molecule has 4 heteroatoms. The summed E-state index contributed by atoms with van der Waals surface area (Å²) in [6.45, 7) is 4.31. The van der Waals surface area contributed by atoms with Gasteiger partial charge in [-0.05, 0) is 49.2 Å². The fourth-order valence-electron chi connectivity index (χ4n) is 2.19. The first-order chi connectivity index (χ1) is 9.47. The molecular weight excluding hydrogens is 401 g/mol. The van der Waals surface area contributed by atoms with Crippen molar-refractivity contribution in [3.05, 3.63) is 67.6 Å². The standard InChI is InChI=1S/C16H16Br2ClN/c1-10(12-4-3-5-14(19)8-12)20-11(2)15-7-6-13(17)9-16(15)18/h3-11,20H,1-2H3/t10-,11?/m1/s1. The van der Waals surface area contributed by atoms with Crippen molar-refractivity contribution in [1.82, 2.24) is 5.32 Å². The minimum absolute atomic E-state index is 0.235. The van der Waals surface area contributed by atoms with E-state index < -0.39 is 0 Å². The highest BCUT2D eigenvalue weighted by Crippen LogP contribution is 2.28. The smallest absolute Gasteiger partial charge is 0.0409 e. The SMILES string of the molecule is CC(N[C@H](C)c1cccc(Cl)c1)c1ccc(Br)cc1Br. The van der Waals surface area contributed by atoms with Gasteiger partial charge in [0, 0.05) is 26.1 Å². The first-order valence-corrected chi connectivity index (χ1v) is 8.40. The summed E-state index contributed by atoms with van der Waals surface area (Å²) in [6, 6.07) is 14.7. The second-order valence-corrected chi connectivity index (χ2v) is 7.04. The molecule has 0 saturated carbocycles. The summed E-state index contributed by atoms with van der Waals surface area (Å²) < 4.78 is 2.17. The van der Waals surface area contributed by atoms with E-state index in [0.717, 1.165) is 14.0 Å². The maximum atomic E-state index is 6.04. The molecule has 1 N–H and O–H groups in total. The van der Waals surface area contributed by atoms with Crippen LogP contribution in [0.5, 0.6) is 0 Å². The van der Waals surface area contributed by atoms with Crippen LogP contribution in [0.15, 0.2) is 51.4 Å². The zero-order chi connectivity index (χ0) is 14.7. The summed E-state index contributed by atoms with van der Waals surface area (Å²) in [4.78, 5) is 0. The zero-order valence-corrected chi connectivity index (χ0v) is 15.3. The molecule has 0 aliphatic heterocycles. The second-order valence-electron chi connectivity index (χ2n) is 4.83. The highest BCUT2D eigenvalue weighted by atomic mass is 79.9. The van der Waals surface area contributed by atoms with Crippen LogP contribution in [0.25, 0.3) is 0 Å². The predicted molar refractivity (Wildman–Crippen MR) is 93.3 cm³/mol. The summed E-state index contributed by atoms with van der Waals surface area (Å²) in [5.41, 5.74) is 2.43. The van der Waals surface area contributed by atoms with E-state index in [0.29, 0.717) is 0 Å². The van der Waals surface area contributed by atoms with Crippen LogP contribution in [0.4, 0.5) is 0 Å². The van der Waals surface area contributed by atoms with Crippen molar-refractivity contribution in [2.75, 3.05) is 0 Å². The lowest BCUT2D eigenvalue weighted by Crippen LogP contribution is -2.22. The van der Waals surface area contributed by atoms with Crippen LogP contribution in [0.2, 0.25) is 5.02 Å². The fraction of sp³-hybridized carbons (Fsp3) is 0.250. The Morgan fingerprint density at radius 2 is 1.75 bits per heavy atom. The minimum atomic E-state index is 0.235. The summed E-state index contributed by atoms with van der Waals surface area (Å²) in [7, 11) is 0. The van der Waals surface area contributed by atoms with Gasteiger partial charge in [0.1, 0.15) is 0 Å². The second kappa shape index (κ2) is 7.08. The molecule has 2 atom stereocenters. The third-order valence-electron chi connectivity index (χ3n) is 3.28. The summed E-state index contributed by atoms with van der Waals surface area (Å²) in [6.07, 6.45) is 0. The Bertz CT molecular complexity index is 601. The topological polar surface area (TPSA) is 12.0 Å². The Kier molecular flexibility index (Phi) is 5.67. The van der Waals surface area contributed by atoms with Gasteiger partial charge in [-0.25, -0.2) is 0 Å². The van der Waals surface area contributed by atoms with E-state index in [-0.39, 0.29) is 12.1 Å². The van der Waals surface area contributed by atoms with E-state index >= 15 is 0 Å². The van der Waals surface area contributed by atoms with Crippen molar-refractivity contribution in [3.63, 3.8) is 0 Å². The Morgan fingerprint density at radius 3 is 2.40 bits per heavy atom. The number of hydrogen-bond acceptors (Lipinski definition) is 1. The van der Waals surface area contributed by atoms with E-state index in [1.165, 1.54) is 11.1 Å². The van der Waals surface area contributed by atoms with Crippen LogP contribution in [-0.4, -0.2) is 0 Å². The van der Waals surface area contributed by atoms with Crippen LogP contribution in [0, 0.1) is 0 Å². The molecule has 106 valence electrons. The van der Waals surface area contributed by atoms with Gasteiger partial charge >= 0.3 is 0 Å². The average Bonchev–Trinajstić information content (AvgIpc) is 2.38. The molecule has 2 aromatic rings. The fourth-order valence-corrected chi connectivity index (χ4v) is 3.78. The summed E-state index contributed by atoms with van der Waals surface area (Å²) in [5.74, 6) is 0. The normalized spacial score (nSPS) is 14.1. The molecule has 0 aliphatic carbocycles. The van der Waals surface area contributed by atoms with Gasteiger partial charge in [0.25, 0.3) is 0 Å². The molecule has 0 bridgehead atoms. The Morgan fingerprint density at radius 1 is 1.00 bits per heavy atom. The summed E-state index contributed by atoms with van der Waals surface area (Å²) in [5, 5.41) is 4.37. The molecular formula is C16H16Br2ClN. The number of halogens is 3. The van der Waals surface area contributed by atoms with E-state index in [4.69, 9.17) is 11.6 Å². The molecule has 0 radical (unpaired) electrons. The maximum Gasteiger partial charge on any atom is 0.0409 e. The number of benzene rings is 2. The molecule has 0 heterocycles. The molecule has 0 amide bonds. The van der Waals surface area contributed by atoms with Gasteiger partial charge in [-0.2, -0.15) is 0 Å². The predicted octanol–water partition coefficient (Wildman–Crippen LogP) is 6.28. The molecule has 0 fully saturated rings. The molecule has 0 spiro atoms. The van der Waals surface area contributed by atoms with Crippen molar-refractivity contribution >= 4 is 43.5 Å².